The number of rotatable bonds is 3. The number of carboxylic acid groups (broad SMARTS) is 1. The number of hydrogen-bond acceptors (Lipinski definition) is 3. The molecular weight excluding hydrogens is 188 g/mol. The highest BCUT2D eigenvalue weighted by Crippen LogP contribution is 2.22. The quantitative estimate of drug-likeness (QED) is 0.598. The van der Waals surface area contributed by atoms with E-state index < -0.39 is 11.8 Å². The molecule has 0 saturated heterocycles. The highest BCUT2D eigenvalue weighted by molar-refractivity contribution is 7.13. The molecule has 0 saturated carbocycles. The molecule has 1 heterocycles. The van der Waals surface area contributed by atoms with E-state index in [-0.39, 0.29) is 0 Å². The average molecular weight is 198 g/mol. The van der Waals surface area contributed by atoms with Crippen LogP contribution in [0.25, 0.3) is 0 Å². The average Bonchev–Trinajstić information content (AvgIpc) is 2.50. The van der Waals surface area contributed by atoms with Gasteiger partial charge in [-0.2, -0.15) is 0 Å². The Morgan fingerprint density at radius 3 is 2.46 bits per heavy atom. The molecule has 0 bridgehead atoms. The van der Waals surface area contributed by atoms with Crippen molar-refractivity contribution in [1.82, 2.24) is 0 Å². The molecule has 3 nitrogen and oxygen atoms in total. The second-order valence-corrected chi connectivity index (χ2v) is 3.94. The number of thiophene rings is 1. The van der Waals surface area contributed by atoms with Crippen molar-refractivity contribution in [3.8, 4) is 0 Å². The summed E-state index contributed by atoms with van der Waals surface area (Å²) in [6.45, 7) is 3.99. The van der Waals surface area contributed by atoms with Gasteiger partial charge in [0.15, 0.2) is 0 Å². The van der Waals surface area contributed by atoms with Crippen molar-refractivity contribution in [2.75, 3.05) is 0 Å². The van der Waals surface area contributed by atoms with E-state index in [0.717, 1.165) is 5.56 Å². The van der Waals surface area contributed by atoms with Gasteiger partial charge < -0.3 is 5.11 Å². The predicted octanol–water partition coefficient (Wildman–Crippen LogP) is 2.14. The first-order valence-corrected chi connectivity index (χ1v) is 4.76. The van der Waals surface area contributed by atoms with Gasteiger partial charge in [-0.3, -0.25) is 4.79 Å². The maximum atomic E-state index is 11.0. The first-order valence-electron chi connectivity index (χ1n) is 3.88. The molecule has 1 aromatic rings. The van der Waals surface area contributed by atoms with Gasteiger partial charge in [0.2, 0.25) is 0 Å². The normalized spacial score (nSPS) is 10.4. The van der Waals surface area contributed by atoms with Crippen molar-refractivity contribution in [3.05, 3.63) is 21.9 Å². The first-order chi connectivity index (χ1) is 6.02. The second-order valence-electron chi connectivity index (χ2n) is 3.03. The zero-order valence-corrected chi connectivity index (χ0v) is 8.22. The Labute approximate surface area is 80.0 Å². The summed E-state index contributed by atoms with van der Waals surface area (Å²) >= 11 is 1.18. The molecule has 4 heteroatoms. The van der Waals surface area contributed by atoms with Crippen LogP contribution in [0, 0.1) is 0 Å². The number of carboxylic acids is 1. The van der Waals surface area contributed by atoms with Gasteiger partial charge in [-0.1, -0.05) is 13.8 Å². The van der Waals surface area contributed by atoms with Crippen LogP contribution in [0.15, 0.2) is 11.4 Å². The molecule has 13 heavy (non-hydrogen) atoms. The van der Waals surface area contributed by atoms with Gasteiger partial charge in [-0.15, -0.1) is 11.3 Å². The third kappa shape index (κ3) is 2.15. The van der Waals surface area contributed by atoms with Gasteiger partial charge in [-0.25, -0.2) is 4.79 Å². The van der Waals surface area contributed by atoms with E-state index in [0.29, 0.717) is 10.8 Å². The number of ketones is 1. The zero-order valence-electron chi connectivity index (χ0n) is 7.40. The fourth-order valence-electron chi connectivity index (χ4n) is 0.878. The van der Waals surface area contributed by atoms with Crippen LogP contribution >= 0.6 is 11.3 Å². The monoisotopic (exact) mass is 198 g/mol. The minimum atomic E-state index is -1.39. The summed E-state index contributed by atoms with van der Waals surface area (Å²) in [7, 11) is 0. The molecule has 0 unspecified atom stereocenters. The summed E-state index contributed by atoms with van der Waals surface area (Å²) < 4.78 is 0. The van der Waals surface area contributed by atoms with Crippen LogP contribution in [0.4, 0.5) is 0 Å². The zero-order chi connectivity index (χ0) is 10.0. The van der Waals surface area contributed by atoms with Gasteiger partial charge in [0.05, 0.1) is 4.88 Å². The fourth-order valence-corrected chi connectivity index (χ4v) is 1.88. The van der Waals surface area contributed by atoms with Crippen LogP contribution in [0.3, 0.4) is 0 Å². The lowest BCUT2D eigenvalue weighted by Gasteiger charge is -1.97. The molecular formula is C9H10O3S. The molecule has 0 aliphatic heterocycles. The maximum Gasteiger partial charge on any atom is 0.378 e. The van der Waals surface area contributed by atoms with E-state index in [4.69, 9.17) is 5.11 Å². The molecule has 1 N–H and O–H groups in total. The SMILES string of the molecule is CC(C)c1csc(C(=O)C(=O)O)c1. The van der Waals surface area contributed by atoms with Crippen molar-refractivity contribution in [3.63, 3.8) is 0 Å². The minimum Gasteiger partial charge on any atom is -0.475 e. The van der Waals surface area contributed by atoms with Crippen LogP contribution < -0.4 is 0 Å². The third-order valence-corrected chi connectivity index (χ3v) is 2.65. The number of Topliss-reactive ketones (excluding diaryl/α,β-unsaturated/α-hetero) is 1. The molecule has 0 aliphatic carbocycles. The highest BCUT2D eigenvalue weighted by Gasteiger charge is 2.17. The Kier molecular flexibility index (Phi) is 2.83. The van der Waals surface area contributed by atoms with E-state index in [2.05, 4.69) is 0 Å². The molecule has 70 valence electrons. The van der Waals surface area contributed by atoms with Gasteiger partial charge in [0, 0.05) is 0 Å². The van der Waals surface area contributed by atoms with Crippen molar-refractivity contribution in [2.24, 2.45) is 0 Å². The number of hydrogen-bond donors (Lipinski definition) is 1. The molecule has 0 fully saturated rings. The molecule has 1 aromatic heterocycles. The summed E-state index contributed by atoms with van der Waals surface area (Å²) in [6.07, 6.45) is 0. The molecule has 0 aromatic carbocycles. The van der Waals surface area contributed by atoms with Crippen molar-refractivity contribution in [2.45, 2.75) is 19.8 Å². The van der Waals surface area contributed by atoms with Crippen LogP contribution in [-0.4, -0.2) is 16.9 Å². The van der Waals surface area contributed by atoms with E-state index in [9.17, 15) is 9.59 Å². The lowest BCUT2D eigenvalue weighted by Crippen LogP contribution is -2.10. The molecule has 0 amide bonds. The highest BCUT2D eigenvalue weighted by atomic mass is 32.1. The summed E-state index contributed by atoms with van der Waals surface area (Å²) in [4.78, 5) is 21.6. The van der Waals surface area contributed by atoms with Gasteiger partial charge in [-0.05, 0) is 22.9 Å². The van der Waals surface area contributed by atoms with Crippen molar-refractivity contribution in [1.29, 1.82) is 0 Å². The number of carbonyl (C=O) groups is 2. The smallest absolute Gasteiger partial charge is 0.378 e. The van der Waals surface area contributed by atoms with Gasteiger partial charge in [0.25, 0.3) is 5.78 Å². The van der Waals surface area contributed by atoms with E-state index in [1.54, 1.807) is 6.07 Å². The minimum absolute atomic E-state index is 0.302. The molecule has 0 spiro atoms. The molecule has 0 radical (unpaired) electrons. The lowest BCUT2D eigenvalue weighted by molar-refractivity contribution is -0.131. The number of carbonyl (C=O) groups excluding carboxylic acids is 1. The number of aliphatic carboxylic acids is 1. The Balaban J connectivity index is 2.92. The summed E-state index contributed by atoms with van der Waals surface area (Å²) in [5.74, 6) is -1.89. The third-order valence-electron chi connectivity index (χ3n) is 1.70. The van der Waals surface area contributed by atoms with Crippen LogP contribution in [0.2, 0.25) is 0 Å². The Morgan fingerprint density at radius 2 is 2.08 bits per heavy atom. The van der Waals surface area contributed by atoms with Crippen LogP contribution in [0.5, 0.6) is 0 Å². The Bertz CT molecular complexity index is 338. The standard InChI is InChI=1S/C9H10O3S/c1-5(2)6-3-7(13-4-6)8(10)9(11)12/h3-5H,1-2H3,(H,11,12). The lowest BCUT2D eigenvalue weighted by atomic mass is 10.1. The first kappa shape index (κ1) is 9.92. The summed E-state index contributed by atoms with van der Waals surface area (Å²) in [5.41, 5.74) is 1.01. The molecule has 0 atom stereocenters. The van der Waals surface area contributed by atoms with Gasteiger partial charge in [0.1, 0.15) is 0 Å². The van der Waals surface area contributed by atoms with E-state index in [1.807, 2.05) is 19.2 Å². The van der Waals surface area contributed by atoms with Crippen LogP contribution in [0.1, 0.15) is 35.0 Å². The van der Waals surface area contributed by atoms with E-state index >= 15 is 0 Å². The van der Waals surface area contributed by atoms with Crippen molar-refractivity contribution >= 4 is 23.1 Å². The molecule has 0 aliphatic rings. The molecule has 1 rings (SSSR count). The Hall–Kier alpha value is -1.16. The predicted molar refractivity (Wildman–Crippen MR) is 50.4 cm³/mol. The second kappa shape index (κ2) is 3.70. The fraction of sp³-hybridized carbons (Fsp3) is 0.333. The van der Waals surface area contributed by atoms with E-state index in [1.165, 1.54) is 11.3 Å². The topological polar surface area (TPSA) is 54.4 Å². The van der Waals surface area contributed by atoms with Gasteiger partial charge >= 0.3 is 5.97 Å². The largest absolute Gasteiger partial charge is 0.475 e. The summed E-state index contributed by atoms with van der Waals surface area (Å²) in [6, 6.07) is 1.64. The Morgan fingerprint density at radius 1 is 1.46 bits per heavy atom. The van der Waals surface area contributed by atoms with Crippen LogP contribution in [-0.2, 0) is 4.79 Å². The van der Waals surface area contributed by atoms with Crippen molar-refractivity contribution < 1.29 is 14.7 Å². The summed E-state index contributed by atoms with van der Waals surface area (Å²) in [5, 5.41) is 10.3. The maximum absolute atomic E-state index is 11.0.